The molecule has 22 heavy (non-hydrogen) atoms. The molecule has 0 aliphatic rings. The van der Waals surface area contributed by atoms with Crippen LogP contribution in [0.4, 0.5) is 0 Å². The normalized spacial score (nSPS) is 10.7. The Morgan fingerprint density at radius 1 is 0.955 bits per heavy atom. The van der Waals surface area contributed by atoms with Crippen molar-refractivity contribution in [3.05, 3.63) is 59.7 Å². The van der Waals surface area contributed by atoms with Crippen LogP contribution in [0.3, 0.4) is 0 Å². The monoisotopic (exact) mass is 298 g/mol. The Labute approximate surface area is 131 Å². The molecular formula is C19H22O3. The van der Waals surface area contributed by atoms with Crippen LogP contribution in [-0.2, 0) is 16.1 Å². The fourth-order valence-electron chi connectivity index (χ4n) is 1.83. The van der Waals surface area contributed by atoms with Crippen molar-refractivity contribution in [1.29, 1.82) is 0 Å². The van der Waals surface area contributed by atoms with Crippen molar-refractivity contribution in [3.63, 3.8) is 0 Å². The number of hydrogen-bond acceptors (Lipinski definition) is 3. The lowest BCUT2D eigenvalue weighted by Gasteiger charge is -2.08. The summed E-state index contributed by atoms with van der Waals surface area (Å²) in [6, 6.07) is 15.6. The summed E-state index contributed by atoms with van der Waals surface area (Å²) in [6.45, 7) is 6.40. The maximum Gasteiger partial charge on any atom is 0.160 e. The average molecular weight is 298 g/mol. The highest BCUT2D eigenvalue weighted by Gasteiger charge is 2.07. The first-order valence-electron chi connectivity index (χ1n) is 7.48. The second-order valence-corrected chi connectivity index (χ2v) is 5.67. The predicted octanol–water partition coefficient (Wildman–Crippen LogP) is 4.53. The minimum absolute atomic E-state index is 0.0188. The summed E-state index contributed by atoms with van der Waals surface area (Å²) in [6.07, 6.45) is 0. The number of Topliss-reactive ketones (excluding diaryl/α,β-unsaturated/α-hetero) is 1. The second-order valence-electron chi connectivity index (χ2n) is 5.67. The van der Waals surface area contributed by atoms with E-state index < -0.39 is 0 Å². The number of ketones is 1. The minimum atomic E-state index is 0.0188. The lowest BCUT2D eigenvalue weighted by molar-refractivity contribution is -0.126. The van der Waals surface area contributed by atoms with Gasteiger partial charge in [-0.05, 0) is 36.8 Å². The van der Waals surface area contributed by atoms with Crippen LogP contribution < -0.4 is 4.74 Å². The van der Waals surface area contributed by atoms with E-state index in [4.69, 9.17) is 9.47 Å². The molecule has 2 aromatic rings. The zero-order chi connectivity index (χ0) is 15.9. The van der Waals surface area contributed by atoms with Crippen LogP contribution in [0.5, 0.6) is 11.5 Å². The molecule has 3 heteroatoms. The second kappa shape index (κ2) is 7.76. The van der Waals surface area contributed by atoms with Gasteiger partial charge < -0.3 is 9.47 Å². The van der Waals surface area contributed by atoms with Crippen LogP contribution in [0, 0.1) is 12.8 Å². The zero-order valence-electron chi connectivity index (χ0n) is 13.3. The Morgan fingerprint density at radius 2 is 1.50 bits per heavy atom. The number of ether oxygens (including phenoxy) is 2. The van der Waals surface area contributed by atoms with Crippen molar-refractivity contribution in [2.75, 3.05) is 6.61 Å². The Morgan fingerprint density at radius 3 is 2.05 bits per heavy atom. The molecule has 0 atom stereocenters. The third-order valence-corrected chi connectivity index (χ3v) is 3.34. The molecule has 0 heterocycles. The number of aryl methyl sites for hydroxylation is 1. The number of hydrogen-bond donors (Lipinski definition) is 0. The topological polar surface area (TPSA) is 35.5 Å². The summed E-state index contributed by atoms with van der Waals surface area (Å²) in [7, 11) is 0. The van der Waals surface area contributed by atoms with Crippen molar-refractivity contribution in [2.45, 2.75) is 27.4 Å². The summed E-state index contributed by atoms with van der Waals surface area (Å²) in [5.74, 6) is 1.74. The third-order valence-electron chi connectivity index (χ3n) is 3.34. The summed E-state index contributed by atoms with van der Waals surface area (Å²) in [5, 5.41) is 0. The summed E-state index contributed by atoms with van der Waals surface area (Å²) < 4.78 is 11.2. The van der Waals surface area contributed by atoms with E-state index in [0.717, 1.165) is 17.1 Å². The van der Waals surface area contributed by atoms with Gasteiger partial charge in [-0.3, -0.25) is 4.79 Å². The quantitative estimate of drug-likeness (QED) is 0.753. The van der Waals surface area contributed by atoms with Crippen LogP contribution in [0.1, 0.15) is 25.0 Å². The molecule has 0 bridgehead atoms. The van der Waals surface area contributed by atoms with E-state index >= 15 is 0 Å². The molecular weight excluding hydrogens is 276 g/mol. The first-order chi connectivity index (χ1) is 10.5. The molecule has 0 saturated carbocycles. The van der Waals surface area contributed by atoms with Crippen molar-refractivity contribution in [3.8, 4) is 11.5 Å². The molecule has 0 aliphatic heterocycles. The first-order valence-corrected chi connectivity index (χ1v) is 7.48. The SMILES string of the molecule is Cc1ccc(Oc2ccc(COCC(=O)C(C)C)cc2)cc1. The number of carbonyl (C=O) groups is 1. The highest BCUT2D eigenvalue weighted by molar-refractivity contribution is 5.81. The van der Waals surface area contributed by atoms with Gasteiger partial charge in [0.1, 0.15) is 18.1 Å². The highest BCUT2D eigenvalue weighted by atomic mass is 16.5. The van der Waals surface area contributed by atoms with Gasteiger partial charge >= 0.3 is 0 Å². The molecule has 0 spiro atoms. The van der Waals surface area contributed by atoms with Gasteiger partial charge in [-0.1, -0.05) is 43.7 Å². The molecule has 2 aromatic carbocycles. The largest absolute Gasteiger partial charge is 0.457 e. The molecule has 3 nitrogen and oxygen atoms in total. The fourth-order valence-corrected chi connectivity index (χ4v) is 1.83. The third kappa shape index (κ3) is 5.01. The Kier molecular flexibility index (Phi) is 5.73. The maximum atomic E-state index is 11.5. The van der Waals surface area contributed by atoms with Gasteiger partial charge in [-0.2, -0.15) is 0 Å². The van der Waals surface area contributed by atoms with E-state index in [2.05, 4.69) is 0 Å². The molecule has 0 saturated heterocycles. The summed E-state index contributed by atoms with van der Waals surface area (Å²) in [4.78, 5) is 11.5. The Bertz CT molecular complexity index is 598. The number of carbonyl (C=O) groups excluding carboxylic acids is 1. The van der Waals surface area contributed by atoms with E-state index in [1.165, 1.54) is 5.56 Å². The lowest BCUT2D eigenvalue weighted by Crippen LogP contribution is -2.14. The van der Waals surface area contributed by atoms with Gasteiger partial charge in [0.2, 0.25) is 0 Å². The smallest absolute Gasteiger partial charge is 0.160 e. The highest BCUT2D eigenvalue weighted by Crippen LogP contribution is 2.22. The number of rotatable bonds is 7. The van der Waals surface area contributed by atoms with E-state index in [0.29, 0.717) is 6.61 Å². The van der Waals surface area contributed by atoms with Crippen LogP contribution in [0.25, 0.3) is 0 Å². The van der Waals surface area contributed by atoms with Gasteiger partial charge in [-0.15, -0.1) is 0 Å². The van der Waals surface area contributed by atoms with Gasteiger partial charge in [0.15, 0.2) is 5.78 Å². The molecule has 0 aromatic heterocycles. The van der Waals surface area contributed by atoms with Crippen molar-refractivity contribution in [1.82, 2.24) is 0 Å². The Balaban J connectivity index is 1.85. The van der Waals surface area contributed by atoms with E-state index in [1.807, 2.05) is 69.3 Å². The van der Waals surface area contributed by atoms with Crippen molar-refractivity contribution in [2.24, 2.45) is 5.92 Å². The van der Waals surface area contributed by atoms with Gasteiger partial charge in [0.05, 0.1) is 6.61 Å². The van der Waals surface area contributed by atoms with Crippen molar-refractivity contribution < 1.29 is 14.3 Å². The summed E-state index contributed by atoms with van der Waals surface area (Å²) in [5.41, 5.74) is 2.23. The fraction of sp³-hybridized carbons (Fsp3) is 0.316. The van der Waals surface area contributed by atoms with Crippen LogP contribution in [0.15, 0.2) is 48.5 Å². The number of benzene rings is 2. The zero-order valence-corrected chi connectivity index (χ0v) is 13.3. The van der Waals surface area contributed by atoms with E-state index in [-0.39, 0.29) is 18.3 Å². The lowest BCUT2D eigenvalue weighted by atomic mass is 10.1. The van der Waals surface area contributed by atoms with Crippen LogP contribution in [0.2, 0.25) is 0 Å². The van der Waals surface area contributed by atoms with Crippen molar-refractivity contribution >= 4 is 5.78 Å². The summed E-state index contributed by atoms with van der Waals surface area (Å²) >= 11 is 0. The predicted molar refractivity (Wildman–Crippen MR) is 87.2 cm³/mol. The molecule has 0 fully saturated rings. The van der Waals surface area contributed by atoms with Gasteiger partial charge in [0.25, 0.3) is 0 Å². The molecule has 0 N–H and O–H groups in total. The molecule has 0 unspecified atom stereocenters. The van der Waals surface area contributed by atoms with Crippen LogP contribution in [-0.4, -0.2) is 12.4 Å². The molecule has 2 rings (SSSR count). The first kappa shape index (κ1) is 16.2. The van der Waals surface area contributed by atoms with E-state index in [1.54, 1.807) is 0 Å². The minimum Gasteiger partial charge on any atom is -0.457 e. The maximum absolute atomic E-state index is 11.5. The Hall–Kier alpha value is -2.13. The van der Waals surface area contributed by atoms with Gasteiger partial charge in [0, 0.05) is 5.92 Å². The van der Waals surface area contributed by atoms with E-state index in [9.17, 15) is 4.79 Å². The van der Waals surface area contributed by atoms with Gasteiger partial charge in [-0.25, -0.2) is 0 Å². The van der Waals surface area contributed by atoms with Crippen LogP contribution >= 0.6 is 0 Å². The average Bonchev–Trinajstić information content (AvgIpc) is 2.51. The molecule has 0 amide bonds. The standard InChI is InChI=1S/C19H22O3/c1-14(2)19(20)13-21-12-16-6-10-18(11-7-16)22-17-8-4-15(3)5-9-17/h4-11,14H,12-13H2,1-3H3. The molecule has 116 valence electrons. The molecule has 0 radical (unpaired) electrons. The molecule has 0 aliphatic carbocycles.